The number of nitrogens with zero attached hydrogens (tertiary/aromatic N) is 4. The molecule has 4 nitrogen and oxygen atoms in total. The van der Waals surface area contributed by atoms with Gasteiger partial charge < -0.3 is 9.80 Å². The van der Waals surface area contributed by atoms with Gasteiger partial charge in [0.2, 0.25) is 0 Å². The number of rotatable bonds is 10. The van der Waals surface area contributed by atoms with Crippen LogP contribution in [0.25, 0.3) is 43.8 Å². The number of fused-ring (bicyclic) bond motifs is 2. The van der Waals surface area contributed by atoms with Crippen molar-refractivity contribution in [2.24, 2.45) is 11.8 Å². The molecule has 0 amide bonds. The maximum Gasteiger partial charge on any atom is 0.0775 e. The lowest BCUT2D eigenvalue weighted by Crippen LogP contribution is -2.41. The lowest BCUT2D eigenvalue weighted by atomic mass is 9.62. The smallest absolute Gasteiger partial charge is 0.0775 e. The zero-order valence-electron chi connectivity index (χ0n) is 41.2. The molecule has 344 valence electrons. The Balaban J connectivity index is 0.963. The molecule has 5 aromatic carbocycles. The Kier molecular flexibility index (Phi) is 10.9. The van der Waals surface area contributed by atoms with Crippen LogP contribution in [0.15, 0.2) is 240 Å². The second-order valence-electron chi connectivity index (χ2n) is 21.8. The molecule has 5 aliphatic rings. The van der Waals surface area contributed by atoms with Crippen molar-refractivity contribution in [2.45, 2.75) is 64.6 Å². The standard InChI is InChI=1S/C64H60N4Si2/c1-69(2,3)57-27-23-53(24-28-57)67(55-37-51(39-65-41-55)49-17-15-43-11-7-9-13-47(43)35-49)61-33-21-45-20-32-60-62(34-22-46-19-31-59(61)63(45)64(46)60)68(54-25-29-58(30-26-54)70(4,5)6)56-38-52(40-66-42-56)50-18-16-44-12-8-10-14-48(44)36-50/h7-21,23,25-33,35-42,53,63-64H,22,24,34H2,1-6H3. The summed E-state index contributed by atoms with van der Waals surface area (Å²) in [4.78, 5) is 15.1. The fourth-order valence-corrected chi connectivity index (χ4v) is 14.1. The number of allylic oxidation sites excluding steroid dienone is 13. The van der Waals surface area contributed by atoms with Crippen molar-refractivity contribution in [3.05, 3.63) is 240 Å². The molecular weight excluding hydrogens is 881 g/mol. The maximum absolute atomic E-state index is 4.98. The van der Waals surface area contributed by atoms with Crippen LogP contribution in [0.2, 0.25) is 39.3 Å². The molecule has 0 fully saturated rings. The number of benzene rings is 5. The predicted molar refractivity (Wildman–Crippen MR) is 302 cm³/mol. The van der Waals surface area contributed by atoms with E-state index in [0.29, 0.717) is 0 Å². The Morgan fingerprint density at radius 2 is 1.16 bits per heavy atom. The van der Waals surface area contributed by atoms with Crippen molar-refractivity contribution in [1.29, 1.82) is 0 Å². The molecule has 0 spiro atoms. The normalized spacial score (nSPS) is 19.5. The van der Waals surface area contributed by atoms with Gasteiger partial charge in [0.15, 0.2) is 0 Å². The van der Waals surface area contributed by atoms with E-state index in [9.17, 15) is 0 Å². The van der Waals surface area contributed by atoms with E-state index >= 15 is 0 Å². The first-order valence-corrected chi connectivity index (χ1v) is 32.2. The minimum Gasteiger partial charge on any atom is -0.333 e. The quantitative estimate of drug-likeness (QED) is 0.128. The summed E-state index contributed by atoms with van der Waals surface area (Å²) >= 11 is 0. The summed E-state index contributed by atoms with van der Waals surface area (Å²) in [6.07, 6.45) is 33.1. The van der Waals surface area contributed by atoms with Gasteiger partial charge in [0, 0.05) is 52.4 Å². The number of pyridine rings is 2. The summed E-state index contributed by atoms with van der Waals surface area (Å²) in [6.45, 7) is 14.6. The summed E-state index contributed by atoms with van der Waals surface area (Å²) in [5, 5.41) is 7.95. The minimum atomic E-state index is -1.53. The van der Waals surface area contributed by atoms with E-state index in [0.717, 1.165) is 41.8 Å². The van der Waals surface area contributed by atoms with Gasteiger partial charge >= 0.3 is 0 Å². The van der Waals surface area contributed by atoms with Gasteiger partial charge in [0.1, 0.15) is 0 Å². The molecule has 0 radical (unpaired) electrons. The number of anilines is 3. The molecule has 2 aromatic heterocycles. The fraction of sp³-hybridized carbons (Fsp3) is 0.188. The highest BCUT2D eigenvalue weighted by atomic mass is 28.3. The third-order valence-corrected chi connectivity index (χ3v) is 19.5. The summed E-state index contributed by atoms with van der Waals surface area (Å²) < 4.78 is 0. The summed E-state index contributed by atoms with van der Waals surface area (Å²) in [6, 6.07) is 45.1. The van der Waals surface area contributed by atoms with E-state index in [-0.39, 0.29) is 17.9 Å². The SMILES string of the molecule is C[Si](C)(C)C1=CCC(N(C2=CC=C3C=CC4=C(N(c5ccc([Si](C)(C)C)cc5)c5cncc(-c6ccc7ccccc7c6)c5)CCC5=CC=C2C3C54)c2cncc(-c3ccc4ccccc4c3)c2)C=C1. The first-order valence-electron chi connectivity index (χ1n) is 25.2. The van der Waals surface area contributed by atoms with E-state index in [1.54, 1.807) is 0 Å². The molecular formula is C64H60N4Si2. The highest BCUT2D eigenvalue weighted by Gasteiger charge is 2.44. The molecule has 3 unspecified atom stereocenters. The molecule has 0 aliphatic heterocycles. The van der Waals surface area contributed by atoms with Crippen molar-refractivity contribution < 1.29 is 0 Å². The van der Waals surface area contributed by atoms with E-state index in [1.165, 1.54) is 82.4 Å². The van der Waals surface area contributed by atoms with Gasteiger partial charge in [0.25, 0.3) is 0 Å². The van der Waals surface area contributed by atoms with Gasteiger partial charge in [0.05, 0.1) is 46.0 Å². The van der Waals surface area contributed by atoms with Crippen molar-refractivity contribution in [3.8, 4) is 22.3 Å². The lowest BCUT2D eigenvalue weighted by Gasteiger charge is -2.47. The van der Waals surface area contributed by atoms with Gasteiger partial charge in [-0.1, -0.05) is 189 Å². The molecule has 70 heavy (non-hydrogen) atoms. The molecule has 5 aliphatic carbocycles. The third-order valence-electron chi connectivity index (χ3n) is 15.4. The Bertz CT molecular complexity index is 3510. The average Bonchev–Trinajstić information content (AvgIpc) is 3.38. The van der Waals surface area contributed by atoms with Crippen LogP contribution in [-0.4, -0.2) is 32.2 Å². The van der Waals surface area contributed by atoms with Crippen molar-refractivity contribution >= 4 is 59.9 Å². The van der Waals surface area contributed by atoms with Gasteiger partial charge in [-0.2, -0.15) is 0 Å². The molecule has 2 heterocycles. The van der Waals surface area contributed by atoms with Crippen molar-refractivity contribution in [2.75, 3.05) is 9.80 Å². The molecule has 0 saturated heterocycles. The van der Waals surface area contributed by atoms with E-state index in [4.69, 9.17) is 9.97 Å². The van der Waals surface area contributed by atoms with E-state index < -0.39 is 16.1 Å². The first-order chi connectivity index (χ1) is 33.9. The molecule has 0 N–H and O–H groups in total. The zero-order chi connectivity index (χ0) is 47.7. The summed E-state index contributed by atoms with van der Waals surface area (Å²) in [7, 11) is -3.03. The number of hydrogen-bond acceptors (Lipinski definition) is 4. The maximum atomic E-state index is 4.98. The topological polar surface area (TPSA) is 32.3 Å². The lowest BCUT2D eigenvalue weighted by molar-refractivity contribution is 0.502. The molecule has 0 saturated carbocycles. The van der Waals surface area contributed by atoms with Gasteiger partial charge in [-0.05, 0) is 111 Å². The number of aromatic nitrogens is 2. The van der Waals surface area contributed by atoms with Crippen molar-refractivity contribution in [1.82, 2.24) is 9.97 Å². The van der Waals surface area contributed by atoms with Gasteiger partial charge in [-0.25, -0.2) is 0 Å². The van der Waals surface area contributed by atoms with Crippen LogP contribution in [0.1, 0.15) is 19.3 Å². The largest absolute Gasteiger partial charge is 0.333 e. The Hall–Kier alpha value is -7.13. The van der Waals surface area contributed by atoms with Crippen LogP contribution < -0.4 is 15.0 Å². The minimum absolute atomic E-state index is 0.134. The van der Waals surface area contributed by atoms with E-state index in [2.05, 4.69) is 237 Å². The van der Waals surface area contributed by atoms with Gasteiger partial charge in [-0.3, -0.25) is 9.97 Å². The summed E-state index contributed by atoms with van der Waals surface area (Å²) in [5.41, 5.74) is 16.3. The monoisotopic (exact) mass is 940 g/mol. The van der Waals surface area contributed by atoms with Crippen molar-refractivity contribution in [3.63, 3.8) is 0 Å². The van der Waals surface area contributed by atoms with Crippen LogP contribution in [0, 0.1) is 11.8 Å². The Labute approximate surface area is 415 Å². The Morgan fingerprint density at radius 3 is 1.79 bits per heavy atom. The molecule has 3 atom stereocenters. The van der Waals surface area contributed by atoms with Crippen LogP contribution >= 0.6 is 0 Å². The zero-order valence-corrected chi connectivity index (χ0v) is 43.2. The second kappa shape index (κ2) is 17.4. The molecule has 12 rings (SSSR count). The first kappa shape index (κ1) is 44.1. The Morgan fingerprint density at radius 1 is 0.514 bits per heavy atom. The highest BCUT2D eigenvalue weighted by molar-refractivity contribution is 6.88. The molecule has 7 aromatic rings. The van der Waals surface area contributed by atoms with Crippen LogP contribution in [0.5, 0.6) is 0 Å². The fourth-order valence-electron chi connectivity index (χ4n) is 11.6. The predicted octanol–water partition coefficient (Wildman–Crippen LogP) is 16.0. The highest BCUT2D eigenvalue weighted by Crippen LogP contribution is 2.55. The average molecular weight is 941 g/mol. The third kappa shape index (κ3) is 8.03. The number of hydrogen-bond donors (Lipinski definition) is 0. The van der Waals surface area contributed by atoms with Crippen LogP contribution in [0.3, 0.4) is 0 Å². The molecule has 6 heteroatoms. The second-order valence-corrected chi connectivity index (χ2v) is 32.0. The summed E-state index contributed by atoms with van der Waals surface area (Å²) in [5.74, 6) is 0.404. The molecule has 0 bridgehead atoms. The van der Waals surface area contributed by atoms with Crippen LogP contribution in [0.4, 0.5) is 17.1 Å². The van der Waals surface area contributed by atoms with Gasteiger partial charge in [-0.15, -0.1) is 0 Å². The van der Waals surface area contributed by atoms with Crippen LogP contribution in [-0.2, 0) is 0 Å². The van der Waals surface area contributed by atoms with E-state index in [1.807, 2.05) is 12.4 Å².